The lowest BCUT2D eigenvalue weighted by Crippen LogP contribution is -2.13. The molecule has 0 aliphatic rings. The zero-order valence-electron chi connectivity index (χ0n) is 12.4. The molecular formula is C16H17NO4. The first-order valence-corrected chi connectivity index (χ1v) is 6.50. The Labute approximate surface area is 122 Å². The summed E-state index contributed by atoms with van der Waals surface area (Å²) >= 11 is 0. The number of hydrogen-bond donors (Lipinski definition) is 1. The summed E-state index contributed by atoms with van der Waals surface area (Å²) in [7, 11) is 1.32. The van der Waals surface area contributed by atoms with Gasteiger partial charge in [-0.25, -0.2) is 4.79 Å². The van der Waals surface area contributed by atoms with Crippen LogP contribution in [0.15, 0.2) is 28.7 Å². The monoisotopic (exact) mass is 287 g/mol. The van der Waals surface area contributed by atoms with Crippen molar-refractivity contribution >= 4 is 17.6 Å². The number of rotatable bonds is 3. The lowest BCUT2D eigenvalue weighted by Gasteiger charge is -2.06. The molecule has 0 saturated carbocycles. The van der Waals surface area contributed by atoms with Crippen LogP contribution in [0, 0.1) is 20.8 Å². The van der Waals surface area contributed by atoms with Crippen LogP contribution < -0.4 is 5.32 Å². The molecule has 5 nitrogen and oxygen atoms in total. The van der Waals surface area contributed by atoms with E-state index in [-0.39, 0.29) is 5.91 Å². The van der Waals surface area contributed by atoms with E-state index in [4.69, 9.17) is 4.42 Å². The number of nitrogens with one attached hydrogen (secondary N) is 1. The number of carbonyl (C=O) groups excluding carboxylic acids is 2. The first kappa shape index (κ1) is 14.8. The molecule has 0 spiro atoms. The van der Waals surface area contributed by atoms with Crippen molar-refractivity contribution in [1.29, 1.82) is 0 Å². The molecule has 21 heavy (non-hydrogen) atoms. The Balaban J connectivity index is 2.18. The summed E-state index contributed by atoms with van der Waals surface area (Å²) in [5.41, 5.74) is 2.41. The first-order valence-electron chi connectivity index (χ1n) is 6.50. The average Bonchev–Trinajstić information content (AvgIpc) is 2.72. The van der Waals surface area contributed by atoms with E-state index >= 15 is 0 Å². The highest BCUT2D eigenvalue weighted by atomic mass is 16.5. The highest BCUT2D eigenvalue weighted by Gasteiger charge is 2.18. The van der Waals surface area contributed by atoms with E-state index in [1.54, 1.807) is 31.2 Å². The lowest BCUT2D eigenvalue weighted by molar-refractivity contribution is 0.0600. The molecule has 0 radical (unpaired) electrons. The summed E-state index contributed by atoms with van der Waals surface area (Å²) < 4.78 is 10.1. The van der Waals surface area contributed by atoms with Gasteiger partial charge in [-0.3, -0.25) is 4.79 Å². The van der Waals surface area contributed by atoms with Crippen LogP contribution in [0.1, 0.15) is 37.8 Å². The molecule has 0 atom stereocenters. The molecule has 2 rings (SSSR count). The van der Waals surface area contributed by atoms with Gasteiger partial charge in [-0.1, -0.05) is 0 Å². The molecule has 0 unspecified atom stereocenters. The van der Waals surface area contributed by atoms with Crippen molar-refractivity contribution in [3.63, 3.8) is 0 Å². The standard InChI is InChI=1S/C16H17NO4/c1-9-10(2)21-11(3)14(9)15(18)17-13-7-5-12(6-8-13)16(19)20-4/h5-8H,1-4H3,(H,17,18). The van der Waals surface area contributed by atoms with E-state index < -0.39 is 5.97 Å². The number of esters is 1. The Morgan fingerprint density at radius 2 is 1.67 bits per heavy atom. The van der Waals surface area contributed by atoms with Crippen LogP contribution in [0.2, 0.25) is 0 Å². The van der Waals surface area contributed by atoms with Crippen molar-refractivity contribution in [2.45, 2.75) is 20.8 Å². The van der Waals surface area contributed by atoms with Crippen LogP contribution in [-0.4, -0.2) is 19.0 Å². The van der Waals surface area contributed by atoms with E-state index in [2.05, 4.69) is 10.1 Å². The number of benzene rings is 1. The summed E-state index contributed by atoms with van der Waals surface area (Å²) in [5, 5.41) is 2.79. The van der Waals surface area contributed by atoms with Gasteiger partial charge in [0, 0.05) is 11.3 Å². The van der Waals surface area contributed by atoms with Crippen molar-refractivity contribution in [1.82, 2.24) is 0 Å². The van der Waals surface area contributed by atoms with Gasteiger partial charge in [-0.2, -0.15) is 0 Å². The summed E-state index contributed by atoms with van der Waals surface area (Å²) in [6.45, 7) is 5.43. The fraction of sp³-hybridized carbons (Fsp3) is 0.250. The molecule has 1 aromatic heterocycles. The zero-order chi connectivity index (χ0) is 15.6. The number of methoxy groups -OCH3 is 1. The Hall–Kier alpha value is -2.56. The van der Waals surface area contributed by atoms with Crippen LogP contribution >= 0.6 is 0 Å². The minimum absolute atomic E-state index is 0.229. The van der Waals surface area contributed by atoms with Gasteiger partial charge < -0.3 is 14.5 Å². The van der Waals surface area contributed by atoms with Gasteiger partial charge >= 0.3 is 5.97 Å². The number of carbonyl (C=O) groups is 2. The summed E-state index contributed by atoms with van der Waals surface area (Å²) in [6.07, 6.45) is 0. The van der Waals surface area contributed by atoms with E-state index in [1.165, 1.54) is 7.11 Å². The van der Waals surface area contributed by atoms with Gasteiger partial charge in [0.05, 0.1) is 18.2 Å². The summed E-state index contributed by atoms with van der Waals surface area (Å²) in [5.74, 6) is 0.685. The molecule has 5 heteroatoms. The molecular weight excluding hydrogens is 270 g/mol. The SMILES string of the molecule is COC(=O)c1ccc(NC(=O)c2c(C)oc(C)c2C)cc1. The van der Waals surface area contributed by atoms with Crippen molar-refractivity contribution in [2.24, 2.45) is 0 Å². The number of hydrogen-bond acceptors (Lipinski definition) is 4. The van der Waals surface area contributed by atoms with Gasteiger partial charge in [0.2, 0.25) is 0 Å². The molecule has 2 aromatic rings. The number of aryl methyl sites for hydroxylation is 2. The van der Waals surface area contributed by atoms with E-state index in [1.807, 2.05) is 13.8 Å². The number of anilines is 1. The average molecular weight is 287 g/mol. The second kappa shape index (κ2) is 5.83. The third-order valence-electron chi connectivity index (χ3n) is 3.35. The molecule has 1 heterocycles. The van der Waals surface area contributed by atoms with Gasteiger partial charge in [0.25, 0.3) is 5.91 Å². The minimum Gasteiger partial charge on any atom is -0.466 e. The van der Waals surface area contributed by atoms with Crippen molar-refractivity contribution in [3.8, 4) is 0 Å². The quantitative estimate of drug-likeness (QED) is 0.880. The molecule has 1 aromatic carbocycles. The predicted octanol–water partition coefficient (Wildman–Crippen LogP) is 3.24. The van der Waals surface area contributed by atoms with Crippen LogP contribution in [0.4, 0.5) is 5.69 Å². The number of furan rings is 1. The topological polar surface area (TPSA) is 68.5 Å². The normalized spacial score (nSPS) is 10.3. The minimum atomic E-state index is -0.412. The fourth-order valence-corrected chi connectivity index (χ4v) is 2.13. The Bertz CT molecular complexity index is 683. The Morgan fingerprint density at radius 3 is 2.14 bits per heavy atom. The third kappa shape index (κ3) is 2.97. The number of ether oxygens (including phenoxy) is 1. The predicted molar refractivity (Wildman–Crippen MR) is 78.7 cm³/mol. The lowest BCUT2D eigenvalue weighted by atomic mass is 10.1. The first-order chi connectivity index (χ1) is 9.93. The highest BCUT2D eigenvalue weighted by Crippen LogP contribution is 2.22. The fourth-order valence-electron chi connectivity index (χ4n) is 2.13. The van der Waals surface area contributed by atoms with Crippen LogP contribution in [-0.2, 0) is 4.74 Å². The second-order valence-electron chi connectivity index (χ2n) is 4.74. The smallest absolute Gasteiger partial charge is 0.337 e. The van der Waals surface area contributed by atoms with E-state index in [9.17, 15) is 9.59 Å². The van der Waals surface area contributed by atoms with Crippen LogP contribution in [0.5, 0.6) is 0 Å². The summed E-state index contributed by atoms with van der Waals surface area (Å²) in [4.78, 5) is 23.6. The Kier molecular flexibility index (Phi) is 4.12. The zero-order valence-corrected chi connectivity index (χ0v) is 12.4. The van der Waals surface area contributed by atoms with Gasteiger partial charge in [0.1, 0.15) is 11.5 Å². The maximum absolute atomic E-state index is 12.3. The molecule has 0 bridgehead atoms. The summed E-state index contributed by atoms with van der Waals surface area (Å²) in [6, 6.07) is 6.51. The number of amides is 1. The molecule has 1 N–H and O–H groups in total. The van der Waals surface area contributed by atoms with Crippen LogP contribution in [0.3, 0.4) is 0 Å². The van der Waals surface area contributed by atoms with E-state index in [0.29, 0.717) is 22.6 Å². The third-order valence-corrected chi connectivity index (χ3v) is 3.35. The van der Waals surface area contributed by atoms with Gasteiger partial charge in [-0.15, -0.1) is 0 Å². The molecule has 0 aliphatic heterocycles. The molecule has 0 aliphatic carbocycles. The van der Waals surface area contributed by atoms with E-state index in [0.717, 1.165) is 11.3 Å². The Morgan fingerprint density at radius 1 is 1.05 bits per heavy atom. The maximum atomic E-state index is 12.3. The van der Waals surface area contributed by atoms with Gasteiger partial charge in [-0.05, 0) is 45.0 Å². The molecule has 110 valence electrons. The highest BCUT2D eigenvalue weighted by molar-refractivity contribution is 6.06. The van der Waals surface area contributed by atoms with Crippen molar-refractivity contribution in [3.05, 3.63) is 52.5 Å². The van der Waals surface area contributed by atoms with Gasteiger partial charge in [0.15, 0.2) is 0 Å². The molecule has 0 saturated heterocycles. The largest absolute Gasteiger partial charge is 0.466 e. The second-order valence-corrected chi connectivity index (χ2v) is 4.74. The van der Waals surface area contributed by atoms with Crippen molar-refractivity contribution < 1.29 is 18.7 Å². The van der Waals surface area contributed by atoms with Crippen molar-refractivity contribution in [2.75, 3.05) is 12.4 Å². The van der Waals surface area contributed by atoms with Crippen LogP contribution in [0.25, 0.3) is 0 Å². The molecule has 0 fully saturated rings. The molecule has 1 amide bonds. The maximum Gasteiger partial charge on any atom is 0.337 e.